The Balaban J connectivity index is 1.77. The number of hydrogen-bond donors (Lipinski definition) is 2. The number of fused-ring (bicyclic) bond motifs is 1. The summed E-state index contributed by atoms with van der Waals surface area (Å²) < 4.78 is 4.88. The Morgan fingerprint density at radius 3 is 3.16 bits per heavy atom. The van der Waals surface area contributed by atoms with Crippen LogP contribution < -0.4 is 5.32 Å². The minimum Gasteiger partial charge on any atom is -0.480 e. The third-order valence-electron chi connectivity index (χ3n) is 3.14. The number of rotatable bonds is 6. The summed E-state index contributed by atoms with van der Waals surface area (Å²) in [6, 6.07) is 2.03. The van der Waals surface area contributed by atoms with E-state index in [9.17, 15) is 9.59 Å². The van der Waals surface area contributed by atoms with Crippen LogP contribution in [0.15, 0.2) is 11.4 Å². The number of aliphatic carboxylic acids is 1. The highest BCUT2D eigenvalue weighted by Crippen LogP contribution is 2.34. The van der Waals surface area contributed by atoms with Crippen molar-refractivity contribution in [2.24, 2.45) is 0 Å². The van der Waals surface area contributed by atoms with Gasteiger partial charge < -0.3 is 15.2 Å². The van der Waals surface area contributed by atoms with E-state index in [0.29, 0.717) is 6.54 Å². The molecule has 0 saturated heterocycles. The lowest BCUT2D eigenvalue weighted by molar-refractivity contribution is -0.142. The second-order valence-corrected chi connectivity index (χ2v) is 5.48. The molecule has 2 rings (SSSR count). The molecule has 1 aliphatic carbocycles. The molecule has 1 heterocycles. The SMILES string of the molecule is O=C(O)COCCNC(=O)C1CCCc2sccc21. The van der Waals surface area contributed by atoms with Crippen molar-refractivity contribution in [2.45, 2.75) is 25.2 Å². The molecule has 0 aromatic carbocycles. The quantitative estimate of drug-likeness (QED) is 0.774. The lowest BCUT2D eigenvalue weighted by Crippen LogP contribution is -2.33. The molecule has 1 unspecified atom stereocenters. The molecular formula is C13H17NO4S. The lowest BCUT2D eigenvalue weighted by atomic mass is 9.87. The average Bonchev–Trinajstić information content (AvgIpc) is 2.85. The van der Waals surface area contributed by atoms with E-state index in [4.69, 9.17) is 9.84 Å². The predicted molar refractivity (Wildman–Crippen MR) is 71.5 cm³/mol. The van der Waals surface area contributed by atoms with Crippen LogP contribution in [-0.2, 0) is 20.7 Å². The predicted octanol–water partition coefficient (Wildman–Crippen LogP) is 1.39. The monoisotopic (exact) mass is 283 g/mol. The summed E-state index contributed by atoms with van der Waals surface area (Å²) in [4.78, 5) is 23.6. The molecule has 1 amide bonds. The Morgan fingerprint density at radius 1 is 1.53 bits per heavy atom. The van der Waals surface area contributed by atoms with E-state index in [-0.39, 0.29) is 25.0 Å². The van der Waals surface area contributed by atoms with Crippen molar-refractivity contribution in [3.8, 4) is 0 Å². The number of ether oxygens (including phenoxy) is 1. The zero-order valence-corrected chi connectivity index (χ0v) is 11.4. The van der Waals surface area contributed by atoms with Gasteiger partial charge >= 0.3 is 5.97 Å². The van der Waals surface area contributed by atoms with Gasteiger partial charge in [-0.15, -0.1) is 11.3 Å². The fourth-order valence-electron chi connectivity index (χ4n) is 2.29. The van der Waals surface area contributed by atoms with E-state index < -0.39 is 5.97 Å². The van der Waals surface area contributed by atoms with Gasteiger partial charge in [0.15, 0.2) is 0 Å². The van der Waals surface area contributed by atoms with Gasteiger partial charge in [-0.2, -0.15) is 0 Å². The maximum Gasteiger partial charge on any atom is 0.329 e. The molecule has 1 aliphatic rings. The Bertz CT molecular complexity index is 457. The highest BCUT2D eigenvalue weighted by molar-refractivity contribution is 7.10. The summed E-state index contributed by atoms with van der Waals surface area (Å²) in [6.07, 6.45) is 2.99. The minimum absolute atomic E-state index is 0.0123. The van der Waals surface area contributed by atoms with Gasteiger partial charge in [-0.1, -0.05) is 0 Å². The molecule has 0 spiro atoms. The highest BCUT2D eigenvalue weighted by atomic mass is 32.1. The first kappa shape index (κ1) is 14.0. The number of aryl methyl sites for hydroxylation is 1. The molecule has 0 fully saturated rings. The van der Waals surface area contributed by atoms with Gasteiger partial charge in [0.2, 0.25) is 5.91 Å². The van der Waals surface area contributed by atoms with Crippen LogP contribution in [0.1, 0.15) is 29.2 Å². The van der Waals surface area contributed by atoms with Gasteiger partial charge in [-0.25, -0.2) is 4.79 Å². The number of amides is 1. The van der Waals surface area contributed by atoms with Crippen LogP contribution in [0.2, 0.25) is 0 Å². The van der Waals surface area contributed by atoms with E-state index in [1.54, 1.807) is 11.3 Å². The van der Waals surface area contributed by atoms with E-state index in [1.165, 1.54) is 4.88 Å². The second-order valence-electron chi connectivity index (χ2n) is 4.48. The maximum absolute atomic E-state index is 12.1. The molecule has 0 saturated carbocycles. The van der Waals surface area contributed by atoms with Crippen molar-refractivity contribution in [2.75, 3.05) is 19.8 Å². The topological polar surface area (TPSA) is 75.6 Å². The zero-order chi connectivity index (χ0) is 13.7. The van der Waals surface area contributed by atoms with Gasteiger partial charge in [0.1, 0.15) is 6.61 Å². The molecule has 1 atom stereocenters. The summed E-state index contributed by atoms with van der Waals surface area (Å²) in [6.45, 7) is 0.247. The maximum atomic E-state index is 12.1. The smallest absolute Gasteiger partial charge is 0.329 e. The molecule has 2 N–H and O–H groups in total. The van der Waals surface area contributed by atoms with Crippen LogP contribution in [-0.4, -0.2) is 36.7 Å². The summed E-state index contributed by atoms with van der Waals surface area (Å²) in [5.74, 6) is -1.05. The van der Waals surface area contributed by atoms with Gasteiger partial charge in [-0.05, 0) is 36.3 Å². The molecule has 104 valence electrons. The van der Waals surface area contributed by atoms with Crippen LogP contribution in [0.4, 0.5) is 0 Å². The number of carboxylic acid groups (broad SMARTS) is 1. The normalized spacial score (nSPS) is 17.8. The molecule has 6 heteroatoms. The van der Waals surface area contributed by atoms with Crippen LogP contribution in [0.5, 0.6) is 0 Å². The number of carbonyl (C=O) groups excluding carboxylic acids is 1. The fourth-order valence-corrected chi connectivity index (χ4v) is 3.28. The fraction of sp³-hybridized carbons (Fsp3) is 0.538. The van der Waals surface area contributed by atoms with Gasteiger partial charge in [0.25, 0.3) is 0 Å². The molecule has 0 aliphatic heterocycles. The van der Waals surface area contributed by atoms with Crippen LogP contribution >= 0.6 is 11.3 Å². The number of hydrogen-bond acceptors (Lipinski definition) is 4. The zero-order valence-electron chi connectivity index (χ0n) is 10.6. The largest absolute Gasteiger partial charge is 0.480 e. The number of thiophene rings is 1. The van der Waals surface area contributed by atoms with Gasteiger partial charge in [0.05, 0.1) is 12.5 Å². The van der Waals surface area contributed by atoms with Gasteiger partial charge in [-0.3, -0.25) is 4.79 Å². The number of nitrogens with one attached hydrogen (secondary N) is 1. The van der Waals surface area contributed by atoms with Gasteiger partial charge in [0, 0.05) is 11.4 Å². The molecule has 1 aromatic heterocycles. The van der Waals surface area contributed by atoms with Crippen LogP contribution in [0.25, 0.3) is 0 Å². The molecule has 0 radical (unpaired) electrons. The number of carbonyl (C=O) groups is 2. The molecule has 19 heavy (non-hydrogen) atoms. The van der Waals surface area contributed by atoms with E-state index in [0.717, 1.165) is 24.8 Å². The summed E-state index contributed by atoms with van der Waals surface area (Å²) in [5.41, 5.74) is 1.15. The summed E-state index contributed by atoms with van der Waals surface area (Å²) in [7, 11) is 0. The van der Waals surface area contributed by atoms with Crippen molar-refractivity contribution in [1.82, 2.24) is 5.32 Å². The highest BCUT2D eigenvalue weighted by Gasteiger charge is 2.26. The van der Waals surface area contributed by atoms with Crippen molar-refractivity contribution >= 4 is 23.2 Å². The molecule has 1 aromatic rings. The Morgan fingerprint density at radius 2 is 2.37 bits per heavy atom. The standard InChI is InChI=1S/C13H17NO4S/c15-12(16)8-18-6-5-14-13(17)10-2-1-3-11-9(10)4-7-19-11/h4,7,10H,1-3,5-6,8H2,(H,14,17)(H,15,16). The van der Waals surface area contributed by atoms with Crippen LogP contribution in [0, 0.1) is 0 Å². The molecule has 5 nitrogen and oxygen atoms in total. The summed E-state index contributed by atoms with van der Waals surface area (Å²) in [5, 5.41) is 13.2. The lowest BCUT2D eigenvalue weighted by Gasteiger charge is -2.21. The van der Waals surface area contributed by atoms with E-state index in [1.807, 2.05) is 11.4 Å². The molecular weight excluding hydrogens is 266 g/mol. The first-order valence-electron chi connectivity index (χ1n) is 6.32. The second kappa shape index (κ2) is 6.68. The first-order valence-corrected chi connectivity index (χ1v) is 7.20. The third-order valence-corrected chi connectivity index (χ3v) is 4.14. The van der Waals surface area contributed by atoms with Crippen molar-refractivity contribution in [3.63, 3.8) is 0 Å². The van der Waals surface area contributed by atoms with E-state index >= 15 is 0 Å². The van der Waals surface area contributed by atoms with Crippen molar-refractivity contribution in [1.29, 1.82) is 0 Å². The first-order chi connectivity index (χ1) is 9.18. The van der Waals surface area contributed by atoms with Crippen LogP contribution in [0.3, 0.4) is 0 Å². The Kier molecular flexibility index (Phi) is 4.93. The van der Waals surface area contributed by atoms with Crippen molar-refractivity contribution < 1.29 is 19.4 Å². The summed E-state index contributed by atoms with van der Waals surface area (Å²) >= 11 is 1.71. The third kappa shape index (κ3) is 3.78. The average molecular weight is 283 g/mol. The van der Waals surface area contributed by atoms with E-state index in [2.05, 4.69) is 5.32 Å². The Hall–Kier alpha value is -1.40. The van der Waals surface area contributed by atoms with Crippen molar-refractivity contribution in [3.05, 3.63) is 21.9 Å². The minimum atomic E-state index is -0.999. The number of carboxylic acids is 1. The molecule has 0 bridgehead atoms. The Labute approximate surface area is 115 Å².